The van der Waals surface area contributed by atoms with E-state index in [0.29, 0.717) is 24.1 Å². The van der Waals surface area contributed by atoms with Gasteiger partial charge >= 0.3 is 0 Å². The van der Waals surface area contributed by atoms with Crippen molar-refractivity contribution in [3.63, 3.8) is 0 Å². The van der Waals surface area contributed by atoms with E-state index in [1.807, 2.05) is 60.5 Å². The highest BCUT2D eigenvalue weighted by Crippen LogP contribution is 2.12. The Labute approximate surface area is 165 Å². The highest BCUT2D eigenvalue weighted by molar-refractivity contribution is 6.30. The van der Waals surface area contributed by atoms with Gasteiger partial charge in [-0.05, 0) is 35.4 Å². The number of aliphatic imine (C=N–C) groups is 1. The molecule has 2 aromatic rings. The first-order valence-corrected chi connectivity index (χ1v) is 8.95. The molecule has 0 atom stereocenters. The Hall–Kier alpha value is -2.73. The second kappa shape index (κ2) is 10.4. The van der Waals surface area contributed by atoms with Gasteiger partial charge in [0, 0.05) is 32.2 Å². The predicted molar refractivity (Wildman–Crippen MR) is 109 cm³/mol. The van der Waals surface area contributed by atoms with Crippen LogP contribution in [-0.2, 0) is 17.9 Å². The van der Waals surface area contributed by atoms with E-state index in [4.69, 9.17) is 16.3 Å². The van der Waals surface area contributed by atoms with Crippen molar-refractivity contribution >= 4 is 23.5 Å². The maximum atomic E-state index is 12.1. The van der Waals surface area contributed by atoms with E-state index in [1.165, 1.54) is 0 Å². The van der Waals surface area contributed by atoms with Gasteiger partial charge in [0.1, 0.15) is 5.75 Å². The molecule has 1 amide bonds. The smallest absolute Gasteiger partial charge is 0.239 e. The molecule has 0 aliphatic rings. The number of hydrogen-bond donors (Lipinski definition) is 2. The van der Waals surface area contributed by atoms with Gasteiger partial charge in [-0.1, -0.05) is 35.9 Å². The summed E-state index contributed by atoms with van der Waals surface area (Å²) < 4.78 is 5.12. The first-order valence-electron chi connectivity index (χ1n) is 8.57. The normalized spacial score (nSPS) is 11.0. The molecule has 0 aromatic heterocycles. The van der Waals surface area contributed by atoms with Crippen molar-refractivity contribution in [2.45, 2.75) is 13.1 Å². The van der Waals surface area contributed by atoms with Gasteiger partial charge in [-0.3, -0.25) is 9.79 Å². The van der Waals surface area contributed by atoms with E-state index in [0.717, 1.165) is 16.9 Å². The van der Waals surface area contributed by atoms with E-state index in [1.54, 1.807) is 14.2 Å². The third-order valence-electron chi connectivity index (χ3n) is 3.94. The van der Waals surface area contributed by atoms with Gasteiger partial charge in [0.15, 0.2) is 5.96 Å². The van der Waals surface area contributed by atoms with Crippen LogP contribution in [0, 0.1) is 0 Å². The van der Waals surface area contributed by atoms with Gasteiger partial charge in [0.05, 0.1) is 13.7 Å². The lowest BCUT2D eigenvalue weighted by atomic mass is 10.2. The molecule has 2 aromatic carbocycles. The number of guanidine groups is 1. The molecule has 0 spiro atoms. The fourth-order valence-corrected chi connectivity index (χ4v) is 2.75. The maximum absolute atomic E-state index is 12.1. The molecular formula is C20H25ClN4O2. The van der Waals surface area contributed by atoms with Crippen molar-refractivity contribution in [3.8, 4) is 5.75 Å². The monoisotopic (exact) mass is 388 g/mol. The predicted octanol–water partition coefficient (Wildman–Crippen LogP) is 2.67. The number of hydrogen-bond acceptors (Lipinski definition) is 3. The van der Waals surface area contributed by atoms with Crippen LogP contribution >= 0.6 is 11.6 Å². The van der Waals surface area contributed by atoms with E-state index in [2.05, 4.69) is 15.6 Å². The van der Waals surface area contributed by atoms with Gasteiger partial charge < -0.3 is 20.3 Å². The molecule has 0 radical (unpaired) electrons. The van der Waals surface area contributed by atoms with E-state index in [9.17, 15) is 4.79 Å². The second-order valence-electron chi connectivity index (χ2n) is 6.01. The lowest BCUT2D eigenvalue weighted by Gasteiger charge is -2.22. The number of nitrogens with one attached hydrogen (secondary N) is 2. The molecule has 2 rings (SSSR count). The minimum absolute atomic E-state index is 0.108. The maximum Gasteiger partial charge on any atom is 0.239 e. The zero-order valence-corrected chi connectivity index (χ0v) is 16.6. The van der Waals surface area contributed by atoms with Crippen molar-refractivity contribution in [3.05, 3.63) is 64.7 Å². The second-order valence-corrected chi connectivity index (χ2v) is 6.45. The lowest BCUT2D eigenvalue weighted by Crippen LogP contribution is -2.43. The minimum Gasteiger partial charge on any atom is -0.497 e. The Kier molecular flexibility index (Phi) is 7.95. The van der Waals surface area contributed by atoms with Crippen LogP contribution in [0.1, 0.15) is 11.1 Å². The van der Waals surface area contributed by atoms with E-state index >= 15 is 0 Å². The summed E-state index contributed by atoms with van der Waals surface area (Å²) in [6.07, 6.45) is 0. The highest BCUT2D eigenvalue weighted by Gasteiger charge is 2.09. The Morgan fingerprint density at radius 3 is 2.52 bits per heavy atom. The molecule has 0 fully saturated rings. The number of amides is 1. The molecule has 0 saturated carbocycles. The fraction of sp³-hybridized carbons (Fsp3) is 0.300. The number of methoxy groups -OCH3 is 1. The molecular weight excluding hydrogens is 364 g/mol. The third-order valence-corrected chi connectivity index (χ3v) is 4.17. The molecule has 27 heavy (non-hydrogen) atoms. The zero-order chi connectivity index (χ0) is 19.6. The standard InChI is InChI=1S/C20H25ClN4O2/c1-22-20(25(2)14-16-5-4-6-17(21)11-16)24-13-19(26)23-12-15-7-9-18(27-3)10-8-15/h4-11H,12-14H2,1-3H3,(H,22,24)(H,23,26). The van der Waals surface area contributed by atoms with Crippen molar-refractivity contribution in [1.29, 1.82) is 0 Å². The molecule has 2 N–H and O–H groups in total. The largest absolute Gasteiger partial charge is 0.497 e. The summed E-state index contributed by atoms with van der Waals surface area (Å²) in [7, 11) is 5.22. The molecule has 0 aliphatic heterocycles. The van der Waals surface area contributed by atoms with Crippen LogP contribution in [0.25, 0.3) is 0 Å². The van der Waals surface area contributed by atoms with Crippen LogP contribution in [0.4, 0.5) is 0 Å². The number of ether oxygens (including phenoxy) is 1. The topological polar surface area (TPSA) is 66.0 Å². The number of rotatable bonds is 7. The number of benzene rings is 2. The SMILES string of the molecule is CN=C(NCC(=O)NCc1ccc(OC)cc1)N(C)Cc1cccc(Cl)c1. The molecule has 144 valence electrons. The Balaban J connectivity index is 1.79. The van der Waals surface area contributed by atoms with Crippen LogP contribution in [0.2, 0.25) is 5.02 Å². The van der Waals surface area contributed by atoms with Crippen molar-refractivity contribution in [2.24, 2.45) is 4.99 Å². The van der Waals surface area contributed by atoms with Gasteiger partial charge in [0.2, 0.25) is 5.91 Å². The number of carbonyl (C=O) groups excluding carboxylic acids is 1. The van der Waals surface area contributed by atoms with E-state index < -0.39 is 0 Å². The quantitative estimate of drug-likeness (QED) is 0.565. The Bertz CT molecular complexity index is 778. The van der Waals surface area contributed by atoms with Crippen molar-refractivity contribution in [2.75, 3.05) is 27.7 Å². The summed E-state index contributed by atoms with van der Waals surface area (Å²) in [6, 6.07) is 15.2. The van der Waals surface area contributed by atoms with Crippen LogP contribution in [0.3, 0.4) is 0 Å². The zero-order valence-electron chi connectivity index (χ0n) is 15.8. The average molecular weight is 389 g/mol. The lowest BCUT2D eigenvalue weighted by molar-refractivity contribution is -0.120. The van der Waals surface area contributed by atoms with Crippen LogP contribution in [0.5, 0.6) is 5.75 Å². The highest BCUT2D eigenvalue weighted by atomic mass is 35.5. The van der Waals surface area contributed by atoms with Crippen molar-refractivity contribution in [1.82, 2.24) is 15.5 Å². The van der Waals surface area contributed by atoms with Crippen molar-refractivity contribution < 1.29 is 9.53 Å². The Morgan fingerprint density at radius 1 is 1.15 bits per heavy atom. The summed E-state index contributed by atoms with van der Waals surface area (Å²) in [6.45, 7) is 1.23. The summed E-state index contributed by atoms with van der Waals surface area (Å²) in [5.74, 6) is 1.32. The molecule has 0 bridgehead atoms. The summed E-state index contributed by atoms with van der Waals surface area (Å²) in [5, 5.41) is 6.64. The van der Waals surface area contributed by atoms with Gasteiger partial charge in [-0.15, -0.1) is 0 Å². The first-order chi connectivity index (χ1) is 13.0. The van der Waals surface area contributed by atoms with E-state index in [-0.39, 0.29) is 12.5 Å². The number of nitrogens with zero attached hydrogens (tertiary/aromatic N) is 2. The number of carbonyl (C=O) groups is 1. The fourth-order valence-electron chi connectivity index (χ4n) is 2.53. The third kappa shape index (κ3) is 6.83. The minimum atomic E-state index is -0.108. The summed E-state index contributed by atoms with van der Waals surface area (Å²) in [4.78, 5) is 18.2. The first kappa shape index (κ1) is 20.6. The average Bonchev–Trinajstić information content (AvgIpc) is 2.67. The van der Waals surface area contributed by atoms with Crippen LogP contribution in [0.15, 0.2) is 53.5 Å². The summed E-state index contributed by atoms with van der Waals surface area (Å²) >= 11 is 6.02. The van der Waals surface area contributed by atoms with Gasteiger partial charge in [-0.25, -0.2) is 0 Å². The Morgan fingerprint density at radius 2 is 1.89 bits per heavy atom. The molecule has 7 heteroatoms. The van der Waals surface area contributed by atoms with Crippen LogP contribution < -0.4 is 15.4 Å². The van der Waals surface area contributed by atoms with Crippen LogP contribution in [-0.4, -0.2) is 44.5 Å². The van der Waals surface area contributed by atoms with Gasteiger partial charge in [-0.2, -0.15) is 0 Å². The molecule has 0 heterocycles. The molecule has 0 saturated heterocycles. The van der Waals surface area contributed by atoms with Gasteiger partial charge in [0.25, 0.3) is 0 Å². The molecule has 6 nitrogen and oxygen atoms in total. The molecule has 0 aliphatic carbocycles. The molecule has 0 unspecified atom stereocenters. The summed E-state index contributed by atoms with van der Waals surface area (Å²) in [5.41, 5.74) is 2.07. The number of halogens is 1.